The second kappa shape index (κ2) is 3.57. The van der Waals surface area contributed by atoms with Crippen molar-refractivity contribution in [3.05, 3.63) is 35.6 Å². The molecule has 2 rings (SSSR count). The van der Waals surface area contributed by atoms with E-state index in [0.29, 0.717) is 16.0 Å². The van der Waals surface area contributed by atoms with Gasteiger partial charge in [-0.2, -0.15) is 0 Å². The third-order valence-electron chi connectivity index (χ3n) is 2.07. The molecule has 1 aromatic carbocycles. The molecule has 0 amide bonds. The Kier molecular flexibility index (Phi) is 2.41. The zero-order valence-electron chi connectivity index (χ0n) is 7.18. The Balaban J connectivity index is 2.81. The molecule has 0 fully saturated rings. The Morgan fingerprint density at radius 2 is 1.93 bits per heavy atom. The van der Waals surface area contributed by atoms with Gasteiger partial charge in [0.05, 0.1) is 0 Å². The molecule has 3 nitrogen and oxygen atoms in total. The molecule has 2 aromatic rings. The number of hydrogen-bond acceptors (Lipinski definition) is 3. The number of hydrogen-bond donors (Lipinski definition) is 2. The maximum Gasteiger partial charge on any atom is 0.489 e. The molecule has 0 aliphatic carbocycles. The van der Waals surface area contributed by atoms with Gasteiger partial charge in [0.2, 0.25) is 0 Å². The topological polar surface area (TPSA) is 53.4 Å². The Labute approximate surface area is 86.1 Å². The lowest BCUT2D eigenvalue weighted by atomic mass is 9.77. The molecule has 14 heavy (non-hydrogen) atoms. The van der Waals surface area contributed by atoms with Crippen LogP contribution in [-0.4, -0.2) is 22.2 Å². The fourth-order valence-corrected chi connectivity index (χ4v) is 1.64. The maximum atomic E-state index is 9.10. The Morgan fingerprint density at radius 1 is 1.14 bits per heavy atom. The zero-order chi connectivity index (χ0) is 10.1. The molecule has 0 radical (unpaired) electrons. The number of aromatic nitrogens is 1. The predicted octanol–water partition coefficient (Wildman–Crippen LogP) is 0.568. The highest BCUT2D eigenvalue weighted by atomic mass is 35.5. The molecule has 0 unspecified atom stereocenters. The number of halogens is 1. The van der Waals surface area contributed by atoms with Gasteiger partial charge in [0.1, 0.15) is 5.15 Å². The van der Waals surface area contributed by atoms with Crippen LogP contribution >= 0.6 is 11.6 Å². The fraction of sp³-hybridized carbons (Fsp3) is 0. The summed E-state index contributed by atoms with van der Waals surface area (Å²) in [6, 6.07) is 6.85. The van der Waals surface area contributed by atoms with Gasteiger partial charge in [-0.3, -0.25) is 0 Å². The van der Waals surface area contributed by atoms with E-state index >= 15 is 0 Å². The van der Waals surface area contributed by atoms with Gasteiger partial charge >= 0.3 is 7.12 Å². The van der Waals surface area contributed by atoms with Crippen LogP contribution in [0.4, 0.5) is 0 Å². The molecule has 0 spiro atoms. The lowest BCUT2D eigenvalue weighted by Gasteiger charge is -2.05. The second-order valence-electron chi connectivity index (χ2n) is 2.92. The van der Waals surface area contributed by atoms with Crippen LogP contribution in [0, 0.1) is 0 Å². The number of nitrogens with zero attached hydrogens (tertiary/aromatic N) is 1. The first-order chi connectivity index (χ1) is 6.70. The fourth-order valence-electron chi connectivity index (χ4n) is 1.42. The van der Waals surface area contributed by atoms with Gasteiger partial charge in [-0.15, -0.1) is 0 Å². The molecule has 2 N–H and O–H groups in total. The average molecular weight is 207 g/mol. The minimum atomic E-state index is -1.49. The van der Waals surface area contributed by atoms with Crippen LogP contribution in [0.15, 0.2) is 30.5 Å². The van der Waals surface area contributed by atoms with Crippen molar-refractivity contribution in [1.29, 1.82) is 0 Å². The molecular weight excluding hydrogens is 200 g/mol. The summed E-state index contributed by atoms with van der Waals surface area (Å²) in [5.41, 5.74) is 0.437. The lowest BCUT2D eigenvalue weighted by molar-refractivity contribution is 0.426. The Hall–Kier alpha value is -1.10. The highest BCUT2D eigenvalue weighted by molar-refractivity contribution is 6.62. The van der Waals surface area contributed by atoms with E-state index in [2.05, 4.69) is 4.98 Å². The van der Waals surface area contributed by atoms with Gasteiger partial charge in [-0.05, 0) is 16.9 Å². The van der Waals surface area contributed by atoms with Crippen LogP contribution in [0.2, 0.25) is 5.15 Å². The molecule has 70 valence electrons. The van der Waals surface area contributed by atoms with E-state index in [4.69, 9.17) is 21.6 Å². The Bertz CT molecular complexity index is 475. The van der Waals surface area contributed by atoms with E-state index in [1.54, 1.807) is 24.3 Å². The summed E-state index contributed by atoms with van der Waals surface area (Å²) in [5, 5.41) is 20.0. The molecule has 1 heterocycles. The summed E-state index contributed by atoms with van der Waals surface area (Å²) >= 11 is 5.86. The van der Waals surface area contributed by atoms with E-state index in [9.17, 15) is 0 Å². The van der Waals surface area contributed by atoms with Crippen molar-refractivity contribution in [2.45, 2.75) is 0 Å². The molecule has 5 heteroatoms. The summed E-state index contributed by atoms with van der Waals surface area (Å²) in [6.45, 7) is 0. The molecule has 1 aromatic heterocycles. The van der Waals surface area contributed by atoms with Crippen molar-refractivity contribution in [3.8, 4) is 0 Å². The summed E-state index contributed by atoms with van der Waals surface area (Å²) in [6.07, 6.45) is 1.54. The van der Waals surface area contributed by atoms with Crippen LogP contribution in [0.25, 0.3) is 10.8 Å². The summed E-state index contributed by atoms with van der Waals surface area (Å²) in [5.74, 6) is 0. The maximum absolute atomic E-state index is 9.10. The molecule has 0 saturated carbocycles. The number of pyridine rings is 1. The van der Waals surface area contributed by atoms with E-state index in [1.165, 1.54) is 6.20 Å². The first-order valence-electron chi connectivity index (χ1n) is 4.09. The van der Waals surface area contributed by atoms with E-state index in [-0.39, 0.29) is 0 Å². The van der Waals surface area contributed by atoms with Gasteiger partial charge in [-0.25, -0.2) is 4.98 Å². The highest BCUT2D eigenvalue weighted by Crippen LogP contribution is 2.18. The smallest absolute Gasteiger partial charge is 0.423 e. The van der Waals surface area contributed by atoms with Crippen molar-refractivity contribution in [2.75, 3.05) is 0 Å². The van der Waals surface area contributed by atoms with E-state index < -0.39 is 7.12 Å². The second-order valence-corrected chi connectivity index (χ2v) is 3.28. The van der Waals surface area contributed by atoms with Crippen molar-refractivity contribution >= 4 is 35.0 Å². The van der Waals surface area contributed by atoms with Gasteiger partial charge in [0, 0.05) is 11.6 Å². The van der Waals surface area contributed by atoms with Crippen molar-refractivity contribution in [1.82, 2.24) is 4.98 Å². The highest BCUT2D eigenvalue weighted by Gasteiger charge is 2.14. The third kappa shape index (κ3) is 1.48. The standard InChI is InChI=1S/C9H7BClNO2/c11-9-7-2-1-3-8(10(13)14)6(7)4-5-12-9/h1-5,13-14H. The van der Waals surface area contributed by atoms with Gasteiger partial charge in [0.15, 0.2) is 0 Å². The van der Waals surface area contributed by atoms with Gasteiger partial charge < -0.3 is 10.0 Å². The van der Waals surface area contributed by atoms with Crippen LogP contribution in [0.1, 0.15) is 0 Å². The predicted molar refractivity (Wildman–Crippen MR) is 56.6 cm³/mol. The molecule has 0 bridgehead atoms. The average Bonchev–Trinajstić information content (AvgIpc) is 2.17. The SMILES string of the molecule is OB(O)c1cccc2c(Cl)nccc12. The first-order valence-corrected chi connectivity index (χ1v) is 4.47. The minimum absolute atomic E-state index is 0.366. The molecule has 0 aliphatic heterocycles. The number of rotatable bonds is 1. The van der Waals surface area contributed by atoms with Crippen LogP contribution in [0.3, 0.4) is 0 Å². The van der Waals surface area contributed by atoms with E-state index in [0.717, 1.165) is 5.39 Å². The lowest BCUT2D eigenvalue weighted by Crippen LogP contribution is -2.30. The van der Waals surface area contributed by atoms with Gasteiger partial charge in [0.25, 0.3) is 0 Å². The summed E-state index contributed by atoms with van der Waals surface area (Å²) in [7, 11) is -1.49. The van der Waals surface area contributed by atoms with E-state index in [1.807, 2.05) is 0 Å². The Morgan fingerprint density at radius 3 is 2.64 bits per heavy atom. The third-order valence-corrected chi connectivity index (χ3v) is 2.37. The summed E-state index contributed by atoms with van der Waals surface area (Å²) in [4.78, 5) is 3.91. The first kappa shape index (κ1) is 9.46. The minimum Gasteiger partial charge on any atom is -0.423 e. The molecule has 0 atom stereocenters. The largest absolute Gasteiger partial charge is 0.489 e. The van der Waals surface area contributed by atoms with Gasteiger partial charge in [-0.1, -0.05) is 29.8 Å². The van der Waals surface area contributed by atoms with Crippen LogP contribution in [-0.2, 0) is 0 Å². The quantitative estimate of drug-likeness (QED) is 0.531. The normalized spacial score (nSPS) is 10.5. The van der Waals surface area contributed by atoms with Crippen molar-refractivity contribution < 1.29 is 10.0 Å². The van der Waals surface area contributed by atoms with Crippen LogP contribution in [0.5, 0.6) is 0 Å². The van der Waals surface area contributed by atoms with Crippen molar-refractivity contribution in [3.63, 3.8) is 0 Å². The molecular formula is C9H7BClNO2. The molecule has 0 aliphatic rings. The summed E-state index contributed by atoms with van der Waals surface area (Å²) < 4.78 is 0. The monoisotopic (exact) mass is 207 g/mol. The zero-order valence-corrected chi connectivity index (χ0v) is 7.94. The number of fused-ring (bicyclic) bond motifs is 1. The van der Waals surface area contributed by atoms with Crippen molar-refractivity contribution in [2.24, 2.45) is 0 Å². The number of benzene rings is 1. The van der Waals surface area contributed by atoms with Crippen LogP contribution < -0.4 is 5.46 Å². The molecule has 0 saturated heterocycles.